The Labute approximate surface area is 108 Å². The van der Waals surface area contributed by atoms with Crippen LogP contribution in [0.2, 0.25) is 0 Å². The molecule has 1 aromatic heterocycles. The molecule has 2 N–H and O–H groups in total. The van der Waals surface area contributed by atoms with Gasteiger partial charge in [0.2, 0.25) is 0 Å². The zero-order chi connectivity index (χ0) is 13.0. The minimum atomic E-state index is -0.120. The van der Waals surface area contributed by atoms with Gasteiger partial charge in [-0.1, -0.05) is 6.07 Å². The van der Waals surface area contributed by atoms with E-state index < -0.39 is 0 Å². The van der Waals surface area contributed by atoms with Gasteiger partial charge in [0, 0.05) is 13.1 Å². The first-order valence-corrected chi connectivity index (χ1v) is 6.44. The maximum absolute atomic E-state index is 9.20. The predicted molar refractivity (Wildman–Crippen MR) is 72.0 cm³/mol. The molecule has 2 heterocycles. The molecule has 1 aliphatic rings. The first-order valence-electron chi connectivity index (χ1n) is 6.44. The fourth-order valence-corrected chi connectivity index (χ4v) is 2.11. The highest BCUT2D eigenvalue weighted by atomic mass is 16.5. The van der Waals surface area contributed by atoms with Crippen molar-refractivity contribution in [2.75, 3.05) is 36.5 Å². The molecule has 0 radical (unpaired) electrons. The summed E-state index contributed by atoms with van der Waals surface area (Å²) in [6, 6.07) is 6.23. The smallest absolute Gasteiger partial charge is 0.131 e. The van der Waals surface area contributed by atoms with E-state index in [-0.39, 0.29) is 18.8 Å². The molecule has 0 saturated carbocycles. The van der Waals surface area contributed by atoms with Gasteiger partial charge in [-0.15, -0.1) is 0 Å². The number of aliphatic hydroxyl groups is 1. The molecule has 0 amide bonds. The van der Waals surface area contributed by atoms with E-state index in [2.05, 4.69) is 22.1 Å². The van der Waals surface area contributed by atoms with E-state index in [4.69, 9.17) is 4.74 Å². The van der Waals surface area contributed by atoms with Gasteiger partial charge in [0.15, 0.2) is 0 Å². The number of hydrogen-bond acceptors (Lipinski definition) is 5. The van der Waals surface area contributed by atoms with Crippen LogP contribution >= 0.6 is 0 Å². The van der Waals surface area contributed by atoms with Crippen molar-refractivity contribution < 1.29 is 9.84 Å². The molecule has 2 unspecified atom stereocenters. The van der Waals surface area contributed by atoms with Gasteiger partial charge in [0.05, 0.1) is 25.4 Å². The molecule has 1 aliphatic heterocycles. The highest BCUT2D eigenvalue weighted by Gasteiger charge is 2.26. The standard InChI is InChI=1S/C13H21N3O2/c1-3-14-12-5-4-6-13(15-12)16-7-11(8-17)18-9-10(16)2/h4-6,10-11,17H,3,7-9H2,1-2H3,(H,14,15). The van der Waals surface area contributed by atoms with Gasteiger partial charge in [-0.2, -0.15) is 0 Å². The van der Waals surface area contributed by atoms with E-state index in [0.717, 1.165) is 18.2 Å². The fourth-order valence-electron chi connectivity index (χ4n) is 2.11. The zero-order valence-corrected chi connectivity index (χ0v) is 11.0. The quantitative estimate of drug-likeness (QED) is 0.839. The monoisotopic (exact) mass is 251 g/mol. The Hall–Kier alpha value is -1.33. The molecule has 100 valence electrons. The summed E-state index contributed by atoms with van der Waals surface area (Å²) in [7, 11) is 0. The van der Waals surface area contributed by atoms with Gasteiger partial charge in [-0.3, -0.25) is 0 Å². The Morgan fingerprint density at radius 3 is 3.11 bits per heavy atom. The van der Waals surface area contributed by atoms with Crippen LogP contribution in [0.5, 0.6) is 0 Å². The Kier molecular flexibility index (Phi) is 4.38. The van der Waals surface area contributed by atoms with Crippen LogP contribution in [-0.4, -0.2) is 48.5 Å². The number of morpholine rings is 1. The third-order valence-electron chi connectivity index (χ3n) is 3.10. The molecule has 0 bridgehead atoms. The zero-order valence-electron chi connectivity index (χ0n) is 11.0. The normalized spacial score (nSPS) is 24.1. The maximum atomic E-state index is 9.20. The second-order valence-corrected chi connectivity index (χ2v) is 4.55. The van der Waals surface area contributed by atoms with Crippen LogP contribution in [0.1, 0.15) is 13.8 Å². The Balaban J connectivity index is 2.15. The number of aliphatic hydroxyl groups excluding tert-OH is 1. The van der Waals surface area contributed by atoms with E-state index >= 15 is 0 Å². The number of nitrogens with zero attached hydrogens (tertiary/aromatic N) is 2. The molecular weight excluding hydrogens is 230 g/mol. The Bertz CT molecular complexity index is 386. The van der Waals surface area contributed by atoms with Crippen molar-refractivity contribution in [3.05, 3.63) is 18.2 Å². The van der Waals surface area contributed by atoms with Gasteiger partial charge >= 0.3 is 0 Å². The van der Waals surface area contributed by atoms with Gasteiger partial charge in [0.1, 0.15) is 11.6 Å². The number of rotatable bonds is 4. The van der Waals surface area contributed by atoms with E-state index in [9.17, 15) is 5.11 Å². The summed E-state index contributed by atoms with van der Waals surface area (Å²) in [6.45, 7) is 6.37. The van der Waals surface area contributed by atoms with Crippen LogP contribution < -0.4 is 10.2 Å². The lowest BCUT2D eigenvalue weighted by Crippen LogP contribution is -2.50. The lowest BCUT2D eigenvalue weighted by molar-refractivity contribution is -0.0105. The molecule has 0 aromatic carbocycles. The summed E-state index contributed by atoms with van der Waals surface area (Å²) in [6.07, 6.45) is -0.120. The van der Waals surface area contributed by atoms with E-state index in [1.807, 2.05) is 25.1 Å². The van der Waals surface area contributed by atoms with Crippen LogP contribution in [0.15, 0.2) is 18.2 Å². The van der Waals surface area contributed by atoms with Crippen LogP contribution in [0, 0.1) is 0 Å². The highest BCUT2D eigenvalue weighted by molar-refractivity contribution is 5.48. The minimum Gasteiger partial charge on any atom is -0.394 e. The number of nitrogens with one attached hydrogen (secondary N) is 1. The fraction of sp³-hybridized carbons (Fsp3) is 0.615. The third-order valence-corrected chi connectivity index (χ3v) is 3.10. The average Bonchev–Trinajstić information content (AvgIpc) is 2.40. The number of pyridine rings is 1. The molecule has 1 aromatic rings. The first-order chi connectivity index (χ1) is 8.74. The minimum absolute atomic E-state index is 0.0517. The molecule has 0 aliphatic carbocycles. The Morgan fingerprint density at radius 1 is 1.56 bits per heavy atom. The lowest BCUT2D eigenvalue weighted by Gasteiger charge is -2.38. The lowest BCUT2D eigenvalue weighted by atomic mass is 10.2. The Morgan fingerprint density at radius 2 is 2.39 bits per heavy atom. The molecule has 0 spiro atoms. The summed E-state index contributed by atoms with van der Waals surface area (Å²) >= 11 is 0. The van der Waals surface area contributed by atoms with Gasteiger partial charge in [-0.25, -0.2) is 4.98 Å². The maximum Gasteiger partial charge on any atom is 0.131 e. The van der Waals surface area contributed by atoms with Gasteiger partial charge in [0.25, 0.3) is 0 Å². The largest absolute Gasteiger partial charge is 0.394 e. The topological polar surface area (TPSA) is 57.6 Å². The van der Waals surface area contributed by atoms with Crippen LogP contribution in [0.4, 0.5) is 11.6 Å². The number of hydrogen-bond donors (Lipinski definition) is 2. The van der Waals surface area contributed by atoms with Crippen molar-refractivity contribution in [1.82, 2.24) is 4.98 Å². The van der Waals surface area contributed by atoms with Crippen LogP contribution in [-0.2, 0) is 4.74 Å². The summed E-state index contributed by atoms with van der Waals surface area (Å²) < 4.78 is 5.53. The summed E-state index contributed by atoms with van der Waals surface area (Å²) in [5.74, 6) is 1.82. The molecule has 5 nitrogen and oxygen atoms in total. The number of ether oxygens (including phenoxy) is 1. The van der Waals surface area contributed by atoms with Crippen molar-refractivity contribution in [3.8, 4) is 0 Å². The van der Waals surface area contributed by atoms with E-state index in [0.29, 0.717) is 13.2 Å². The SMILES string of the molecule is CCNc1cccc(N2CC(CO)OCC2C)n1. The van der Waals surface area contributed by atoms with Crippen LogP contribution in [0.25, 0.3) is 0 Å². The number of aromatic nitrogens is 1. The van der Waals surface area contributed by atoms with Crippen molar-refractivity contribution in [2.24, 2.45) is 0 Å². The molecule has 18 heavy (non-hydrogen) atoms. The molecule has 5 heteroatoms. The van der Waals surface area contributed by atoms with Crippen molar-refractivity contribution in [3.63, 3.8) is 0 Å². The predicted octanol–water partition coefficient (Wildman–Crippen LogP) is 1.10. The molecular formula is C13H21N3O2. The van der Waals surface area contributed by atoms with E-state index in [1.165, 1.54) is 0 Å². The summed E-state index contributed by atoms with van der Waals surface area (Å²) in [5.41, 5.74) is 0. The van der Waals surface area contributed by atoms with Crippen molar-refractivity contribution in [2.45, 2.75) is 26.0 Å². The molecule has 2 rings (SSSR count). The average molecular weight is 251 g/mol. The van der Waals surface area contributed by atoms with Gasteiger partial charge in [-0.05, 0) is 26.0 Å². The van der Waals surface area contributed by atoms with Crippen molar-refractivity contribution in [1.29, 1.82) is 0 Å². The molecule has 1 fully saturated rings. The highest BCUT2D eigenvalue weighted by Crippen LogP contribution is 2.21. The molecule has 1 saturated heterocycles. The van der Waals surface area contributed by atoms with Crippen molar-refractivity contribution >= 4 is 11.6 Å². The van der Waals surface area contributed by atoms with Gasteiger partial charge < -0.3 is 20.1 Å². The second-order valence-electron chi connectivity index (χ2n) is 4.55. The summed E-state index contributed by atoms with van der Waals surface area (Å²) in [5, 5.41) is 12.4. The van der Waals surface area contributed by atoms with E-state index in [1.54, 1.807) is 0 Å². The number of anilines is 2. The second kappa shape index (κ2) is 6.02. The summed E-state index contributed by atoms with van der Waals surface area (Å²) in [4.78, 5) is 6.77. The first kappa shape index (κ1) is 13.1. The van der Waals surface area contributed by atoms with Crippen LogP contribution in [0.3, 0.4) is 0 Å². The third kappa shape index (κ3) is 2.91. The molecule has 2 atom stereocenters.